The van der Waals surface area contributed by atoms with E-state index in [1.807, 2.05) is 19.1 Å². The topological polar surface area (TPSA) is 49.5 Å². The third-order valence-corrected chi connectivity index (χ3v) is 3.93. The van der Waals surface area contributed by atoms with E-state index in [0.29, 0.717) is 0 Å². The first-order chi connectivity index (χ1) is 7.96. The lowest BCUT2D eigenvalue weighted by molar-refractivity contribution is -0.00724. The zero-order valence-corrected chi connectivity index (χ0v) is 11.7. The van der Waals surface area contributed by atoms with Crippen LogP contribution in [0.4, 0.5) is 5.69 Å². The summed E-state index contributed by atoms with van der Waals surface area (Å²) in [5.74, 6) is 0. The summed E-state index contributed by atoms with van der Waals surface area (Å²) < 4.78 is 1.01. The van der Waals surface area contributed by atoms with Gasteiger partial charge in [-0.2, -0.15) is 0 Å². The Morgan fingerprint density at radius 1 is 1.41 bits per heavy atom. The number of halogens is 1. The number of aliphatic hydroxyl groups is 1. The van der Waals surface area contributed by atoms with Crippen molar-refractivity contribution in [3.05, 3.63) is 28.2 Å². The molecule has 2 rings (SSSR count). The van der Waals surface area contributed by atoms with Crippen LogP contribution in [0.25, 0.3) is 0 Å². The van der Waals surface area contributed by atoms with E-state index in [2.05, 4.69) is 26.9 Å². The van der Waals surface area contributed by atoms with Crippen LogP contribution in [-0.2, 0) is 6.54 Å². The number of hydrogen-bond acceptors (Lipinski definition) is 3. The number of piperidine rings is 1. The summed E-state index contributed by atoms with van der Waals surface area (Å²) in [6.07, 6.45) is 1.67. The molecule has 0 bridgehead atoms. The first kappa shape index (κ1) is 12.9. The van der Waals surface area contributed by atoms with Crippen LogP contribution < -0.4 is 5.73 Å². The summed E-state index contributed by atoms with van der Waals surface area (Å²) in [5.41, 5.74) is 7.49. The maximum Gasteiger partial charge on any atom is 0.0644 e. The van der Waals surface area contributed by atoms with Crippen molar-refractivity contribution < 1.29 is 5.11 Å². The summed E-state index contributed by atoms with van der Waals surface area (Å²) in [6.45, 7) is 4.65. The molecule has 3 N–H and O–H groups in total. The third-order valence-electron chi connectivity index (χ3n) is 3.44. The number of nitrogen functional groups attached to an aromatic ring is 1. The molecule has 0 unspecified atom stereocenters. The largest absolute Gasteiger partial charge is 0.398 e. The van der Waals surface area contributed by atoms with Gasteiger partial charge >= 0.3 is 0 Å². The molecule has 0 spiro atoms. The van der Waals surface area contributed by atoms with Gasteiger partial charge in [0.1, 0.15) is 0 Å². The predicted octanol–water partition coefficient (Wildman–Crippen LogP) is 2.38. The van der Waals surface area contributed by atoms with Crippen LogP contribution in [0.5, 0.6) is 0 Å². The van der Waals surface area contributed by atoms with Gasteiger partial charge in [-0.25, -0.2) is 0 Å². The van der Waals surface area contributed by atoms with Crippen LogP contribution in [0.3, 0.4) is 0 Å². The number of anilines is 1. The fourth-order valence-corrected chi connectivity index (χ4v) is 2.52. The van der Waals surface area contributed by atoms with Gasteiger partial charge in [0, 0.05) is 29.8 Å². The fourth-order valence-electron chi connectivity index (χ4n) is 2.14. The number of benzene rings is 1. The number of hydrogen-bond donors (Lipinski definition) is 2. The quantitative estimate of drug-likeness (QED) is 0.824. The molecule has 0 atom stereocenters. The van der Waals surface area contributed by atoms with Crippen molar-refractivity contribution in [3.8, 4) is 0 Å². The van der Waals surface area contributed by atoms with Crippen LogP contribution in [0.1, 0.15) is 25.3 Å². The minimum absolute atomic E-state index is 0.484. The lowest BCUT2D eigenvalue weighted by Gasteiger charge is -2.35. The van der Waals surface area contributed by atoms with Crippen molar-refractivity contribution in [3.63, 3.8) is 0 Å². The van der Waals surface area contributed by atoms with Crippen molar-refractivity contribution in [2.75, 3.05) is 18.8 Å². The first-order valence-electron chi connectivity index (χ1n) is 5.95. The molecule has 1 aliphatic rings. The highest BCUT2D eigenvalue weighted by molar-refractivity contribution is 9.10. The molecule has 0 radical (unpaired) electrons. The number of likely N-dealkylation sites (tertiary alicyclic amines) is 1. The van der Waals surface area contributed by atoms with Crippen LogP contribution in [-0.4, -0.2) is 28.7 Å². The average Bonchev–Trinajstić information content (AvgIpc) is 2.25. The maximum absolute atomic E-state index is 9.89. The van der Waals surface area contributed by atoms with Gasteiger partial charge in [-0.1, -0.05) is 22.0 Å². The van der Waals surface area contributed by atoms with Gasteiger partial charge in [0.25, 0.3) is 0 Å². The van der Waals surface area contributed by atoms with E-state index in [4.69, 9.17) is 5.73 Å². The Hall–Kier alpha value is -0.580. The van der Waals surface area contributed by atoms with Gasteiger partial charge in [-0.15, -0.1) is 0 Å². The predicted molar refractivity (Wildman–Crippen MR) is 73.7 cm³/mol. The molecule has 4 heteroatoms. The Kier molecular flexibility index (Phi) is 3.76. The average molecular weight is 299 g/mol. The molecule has 1 aromatic carbocycles. The highest BCUT2D eigenvalue weighted by Crippen LogP contribution is 2.25. The zero-order chi connectivity index (χ0) is 12.5. The molecule has 94 valence electrons. The second-order valence-corrected chi connectivity index (χ2v) is 6.03. The van der Waals surface area contributed by atoms with Crippen LogP contribution in [0, 0.1) is 0 Å². The third kappa shape index (κ3) is 3.44. The molecule has 0 aromatic heterocycles. The Bertz CT molecular complexity index is 396. The van der Waals surface area contributed by atoms with Gasteiger partial charge in [0.05, 0.1) is 5.60 Å². The molecule has 1 heterocycles. The van der Waals surface area contributed by atoms with Crippen molar-refractivity contribution in [1.82, 2.24) is 4.90 Å². The SMILES string of the molecule is CC1(O)CCN(Cc2ccc(Br)cc2N)CC1. The molecule has 17 heavy (non-hydrogen) atoms. The van der Waals surface area contributed by atoms with E-state index in [1.54, 1.807) is 0 Å². The van der Waals surface area contributed by atoms with E-state index < -0.39 is 5.60 Å². The van der Waals surface area contributed by atoms with E-state index in [0.717, 1.165) is 48.2 Å². The number of nitrogens with two attached hydrogens (primary N) is 1. The Balaban J connectivity index is 1.98. The maximum atomic E-state index is 9.89. The summed E-state index contributed by atoms with van der Waals surface area (Å²) >= 11 is 3.41. The summed E-state index contributed by atoms with van der Waals surface area (Å²) in [7, 11) is 0. The summed E-state index contributed by atoms with van der Waals surface area (Å²) in [5, 5.41) is 9.89. The highest BCUT2D eigenvalue weighted by atomic mass is 79.9. The molecule has 1 fully saturated rings. The Labute approximate surface area is 111 Å². The lowest BCUT2D eigenvalue weighted by atomic mass is 9.93. The van der Waals surface area contributed by atoms with Gasteiger partial charge in [0.2, 0.25) is 0 Å². The molecular formula is C13H19BrN2O. The molecule has 1 saturated heterocycles. The minimum Gasteiger partial charge on any atom is -0.398 e. The first-order valence-corrected chi connectivity index (χ1v) is 6.74. The van der Waals surface area contributed by atoms with Crippen LogP contribution in [0.2, 0.25) is 0 Å². The van der Waals surface area contributed by atoms with E-state index >= 15 is 0 Å². The van der Waals surface area contributed by atoms with Gasteiger partial charge in [-0.3, -0.25) is 4.90 Å². The molecule has 3 nitrogen and oxygen atoms in total. The lowest BCUT2D eigenvalue weighted by Crippen LogP contribution is -2.42. The van der Waals surface area contributed by atoms with Crippen LogP contribution in [0.15, 0.2) is 22.7 Å². The number of rotatable bonds is 2. The van der Waals surface area contributed by atoms with Gasteiger partial charge in [-0.05, 0) is 37.5 Å². The van der Waals surface area contributed by atoms with Gasteiger partial charge < -0.3 is 10.8 Å². The van der Waals surface area contributed by atoms with E-state index in [-0.39, 0.29) is 0 Å². The van der Waals surface area contributed by atoms with Crippen molar-refractivity contribution in [2.24, 2.45) is 0 Å². The van der Waals surface area contributed by atoms with Crippen molar-refractivity contribution in [2.45, 2.75) is 31.9 Å². The highest BCUT2D eigenvalue weighted by Gasteiger charge is 2.27. The second kappa shape index (κ2) is 4.96. The van der Waals surface area contributed by atoms with Crippen LogP contribution >= 0.6 is 15.9 Å². The van der Waals surface area contributed by atoms with E-state index in [1.165, 1.54) is 0 Å². The summed E-state index contributed by atoms with van der Waals surface area (Å²) in [6, 6.07) is 6.02. The fraction of sp³-hybridized carbons (Fsp3) is 0.538. The normalized spacial score (nSPS) is 20.4. The number of nitrogens with zero attached hydrogens (tertiary/aromatic N) is 1. The molecule has 1 aliphatic heterocycles. The smallest absolute Gasteiger partial charge is 0.0644 e. The standard InChI is InChI=1S/C13H19BrN2O/c1-13(17)4-6-16(7-5-13)9-10-2-3-11(14)8-12(10)15/h2-3,8,17H,4-7,9,15H2,1H3. The van der Waals surface area contributed by atoms with Crippen molar-refractivity contribution in [1.29, 1.82) is 0 Å². The second-order valence-electron chi connectivity index (χ2n) is 5.12. The Morgan fingerprint density at radius 3 is 2.65 bits per heavy atom. The molecule has 0 saturated carbocycles. The molecule has 0 aliphatic carbocycles. The Morgan fingerprint density at radius 2 is 2.06 bits per heavy atom. The van der Waals surface area contributed by atoms with E-state index in [9.17, 15) is 5.11 Å². The van der Waals surface area contributed by atoms with Gasteiger partial charge in [0.15, 0.2) is 0 Å². The molecular weight excluding hydrogens is 280 g/mol. The molecule has 1 aromatic rings. The monoisotopic (exact) mass is 298 g/mol. The summed E-state index contributed by atoms with van der Waals surface area (Å²) in [4.78, 5) is 2.34. The zero-order valence-electron chi connectivity index (χ0n) is 10.1. The van der Waals surface area contributed by atoms with Crippen molar-refractivity contribution >= 4 is 21.6 Å². The minimum atomic E-state index is -0.484. The molecule has 0 amide bonds.